The van der Waals surface area contributed by atoms with Gasteiger partial charge in [-0.15, -0.1) is 0 Å². The fourth-order valence-electron chi connectivity index (χ4n) is 2.31. The summed E-state index contributed by atoms with van der Waals surface area (Å²) in [4.78, 5) is 4.17. The summed E-state index contributed by atoms with van der Waals surface area (Å²) in [6.07, 6.45) is 3.64. The molecule has 0 amide bonds. The second-order valence-corrected chi connectivity index (χ2v) is 4.76. The summed E-state index contributed by atoms with van der Waals surface area (Å²) in [5, 5.41) is 15.4. The van der Waals surface area contributed by atoms with Gasteiger partial charge in [0.2, 0.25) is 0 Å². The van der Waals surface area contributed by atoms with E-state index in [1.165, 1.54) is 7.11 Å². The van der Waals surface area contributed by atoms with Gasteiger partial charge in [0.1, 0.15) is 0 Å². The molecular weight excluding hydrogens is 264 g/mol. The summed E-state index contributed by atoms with van der Waals surface area (Å²) >= 11 is 0. The molecule has 0 aliphatic rings. The number of fused-ring (bicyclic) bond motifs is 1. The van der Waals surface area contributed by atoms with Crippen LogP contribution in [0.2, 0.25) is 0 Å². The zero-order chi connectivity index (χ0) is 14.7. The van der Waals surface area contributed by atoms with Crippen molar-refractivity contribution in [2.24, 2.45) is 0 Å². The Bertz CT molecular complexity index is 766. The lowest BCUT2D eigenvalue weighted by Gasteiger charge is -2.11. The van der Waals surface area contributed by atoms with Crippen molar-refractivity contribution < 1.29 is 9.84 Å². The smallest absolute Gasteiger partial charge is 0.160 e. The number of ether oxygens (including phenoxy) is 1. The minimum Gasteiger partial charge on any atom is -0.504 e. The summed E-state index contributed by atoms with van der Waals surface area (Å²) in [5.74, 6) is 0.629. The number of rotatable bonds is 4. The number of methoxy groups -OCH3 is 1. The second-order valence-electron chi connectivity index (χ2n) is 4.76. The number of phenolic OH excluding ortho intramolecular Hbond substituents is 1. The number of phenols is 1. The van der Waals surface area contributed by atoms with Crippen molar-refractivity contribution in [2.45, 2.75) is 6.54 Å². The Morgan fingerprint density at radius 1 is 1.19 bits per heavy atom. The van der Waals surface area contributed by atoms with Gasteiger partial charge in [0.25, 0.3) is 0 Å². The van der Waals surface area contributed by atoms with Gasteiger partial charge in [-0.1, -0.05) is 18.2 Å². The number of hydrogen-bond acceptors (Lipinski definition) is 4. The topological polar surface area (TPSA) is 54.4 Å². The van der Waals surface area contributed by atoms with Crippen LogP contribution < -0.4 is 10.1 Å². The monoisotopic (exact) mass is 280 g/mol. The molecule has 0 atom stereocenters. The molecule has 0 aliphatic heterocycles. The van der Waals surface area contributed by atoms with Crippen LogP contribution in [0.25, 0.3) is 10.8 Å². The third kappa shape index (κ3) is 2.74. The van der Waals surface area contributed by atoms with Gasteiger partial charge < -0.3 is 15.2 Å². The number of aromatic hydroxyl groups is 1. The number of nitrogens with one attached hydrogen (secondary N) is 1. The predicted octanol–water partition coefficient (Wildman–Crippen LogP) is 3.56. The van der Waals surface area contributed by atoms with Crippen LogP contribution in [0, 0.1) is 0 Å². The highest BCUT2D eigenvalue weighted by atomic mass is 16.5. The van der Waals surface area contributed by atoms with E-state index in [0.29, 0.717) is 12.3 Å². The fraction of sp³-hybridized carbons (Fsp3) is 0.118. The summed E-state index contributed by atoms with van der Waals surface area (Å²) in [6, 6.07) is 13.5. The molecule has 0 saturated heterocycles. The van der Waals surface area contributed by atoms with Crippen molar-refractivity contribution in [3.63, 3.8) is 0 Å². The average molecular weight is 280 g/mol. The Labute approximate surface area is 123 Å². The Balaban J connectivity index is 1.82. The number of anilines is 1. The quantitative estimate of drug-likeness (QED) is 0.767. The lowest BCUT2D eigenvalue weighted by molar-refractivity contribution is 0.373. The number of nitrogens with zero attached hydrogens (tertiary/aromatic N) is 1. The first kappa shape index (κ1) is 13.2. The molecule has 3 rings (SSSR count). The van der Waals surface area contributed by atoms with Crippen molar-refractivity contribution in [3.05, 3.63) is 60.4 Å². The maximum Gasteiger partial charge on any atom is 0.160 e. The number of benzene rings is 2. The van der Waals surface area contributed by atoms with Gasteiger partial charge in [-0.2, -0.15) is 0 Å². The average Bonchev–Trinajstić information content (AvgIpc) is 2.53. The molecule has 0 radical (unpaired) electrons. The van der Waals surface area contributed by atoms with Crippen molar-refractivity contribution in [1.29, 1.82) is 0 Å². The van der Waals surface area contributed by atoms with Crippen LogP contribution in [0.5, 0.6) is 11.5 Å². The van der Waals surface area contributed by atoms with Crippen LogP contribution in [-0.4, -0.2) is 17.2 Å². The maximum absolute atomic E-state index is 9.80. The summed E-state index contributed by atoms with van der Waals surface area (Å²) in [7, 11) is 1.54. The van der Waals surface area contributed by atoms with Crippen LogP contribution in [0.3, 0.4) is 0 Å². The molecule has 4 nitrogen and oxygen atoms in total. The number of hydrogen-bond donors (Lipinski definition) is 2. The van der Waals surface area contributed by atoms with Crippen LogP contribution in [0.4, 0.5) is 5.69 Å². The molecule has 0 aliphatic carbocycles. The van der Waals surface area contributed by atoms with E-state index in [1.54, 1.807) is 18.3 Å². The van der Waals surface area contributed by atoms with Gasteiger partial charge in [0.15, 0.2) is 11.5 Å². The summed E-state index contributed by atoms with van der Waals surface area (Å²) < 4.78 is 5.04. The molecular formula is C17H16N2O2. The first-order valence-electron chi connectivity index (χ1n) is 6.70. The first-order chi connectivity index (χ1) is 10.3. The van der Waals surface area contributed by atoms with E-state index in [9.17, 15) is 5.11 Å². The van der Waals surface area contributed by atoms with Gasteiger partial charge in [0, 0.05) is 30.0 Å². The van der Waals surface area contributed by atoms with E-state index in [0.717, 1.165) is 22.0 Å². The molecule has 0 spiro atoms. The molecule has 3 aromatic rings. The molecule has 1 heterocycles. The SMILES string of the molecule is COc1ccc(CNc2cccc3ccncc23)cc1O. The Hall–Kier alpha value is -2.75. The minimum atomic E-state index is 0.149. The summed E-state index contributed by atoms with van der Waals surface area (Å²) in [6.45, 7) is 0.617. The van der Waals surface area contributed by atoms with E-state index in [2.05, 4.69) is 16.4 Å². The zero-order valence-electron chi connectivity index (χ0n) is 11.7. The Morgan fingerprint density at radius 2 is 2.10 bits per heavy atom. The van der Waals surface area contributed by atoms with E-state index in [4.69, 9.17) is 4.74 Å². The lowest BCUT2D eigenvalue weighted by Crippen LogP contribution is -2.00. The molecule has 106 valence electrons. The van der Waals surface area contributed by atoms with Gasteiger partial charge in [0.05, 0.1) is 7.11 Å². The highest BCUT2D eigenvalue weighted by molar-refractivity contribution is 5.93. The predicted molar refractivity (Wildman–Crippen MR) is 83.7 cm³/mol. The Morgan fingerprint density at radius 3 is 2.90 bits per heavy atom. The normalized spacial score (nSPS) is 10.5. The summed E-state index contributed by atoms with van der Waals surface area (Å²) in [5.41, 5.74) is 2.00. The van der Waals surface area contributed by atoms with Gasteiger partial charge >= 0.3 is 0 Å². The van der Waals surface area contributed by atoms with E-state index in [1.807, 2.05) is 30.5 Å². The standard InChI is InChI=1S/C17H16N2O2/c1-21-17-6-5-12(9-16(17)20)10-19-15-4-2-3-13-7-8-18-11-14(13)15/h2-9,11,19-20H,10H2,1H3. The molecule has 0 saturated carbocycles. The van der Waals surface area contributed by atoms with Crippen LogP contribution in [0.1, 0.15) is 5.56 Å². The second kappa shape index (κ2) is 5.71. The van der Waals surface area contributed by atoms with Crippen LogP contribution >= 0.6 is 0 Å². The fourth-order valence-corrected chi connectivity index (χ4v) is 2.31. The van der Waals surface area contributed by atoms with E-state index < -0.39 is 0 Å². The molecule has 0 unspecified atom stereocenters. The number of pyridine rings is 1. The van der Waals surface area contributed by atoms with Gasteiger partial charge in [-0.25, -0.2) is 0 Å². The van der Waals surface area contributed by atoms with Crippen molar-refractivity contribution >= 4 is 16.5 Å². The minimum absolute atomic E-state index is 0.149. The Kier molecular flexibility index (Phi) is 3.60. The third-order valence-electron chi connectivity index (χ3n) is 3.41. The third-order valence-corrected chi connectivity index (χ3v) is 3.41. The van der Waals surface area contributed by atoms with Gasteiger partial charge in [-0.3, -0.25) is 4.98 Å². The maximum atomic E-state index is 9.80. The van der Waals surface area contributed by atoms with E-state index in [-0.39, 0.29) is 5.75 Å². The molecule has 4 heteroatoms. The van der Waals surface area contributed by atoms with Crippen molar-refractivity contribution in [3.8, 4) is 11.5 Å². The van der Waals surface area contributed by atoms with Crippen molar-refractivity contribution in [2.75, 3.05) is 12.4 Å². The molecule has 0 fully saturated rings. The highest BCUT2D eigenvalue weighted by Crippen LogP contribution is 2.27. The van der Waals surface area contributed by atoms with Crippen molar-refractivity contribution in [1.82, 2.24) is 4.98 Å². The van der Waals surface area contributed by atoms with E-state index >= 15 is 0 Å². The van der Waals surface area contributed by atoms with Gasteiger partial charge in [-0.05, 0) is 35.2 Å². The number of aromatic nitrogens is 1. The molecule has 2 aromatic carbocycles. The highest BCUT2D eigenvalue weighted by Gasteiger charge is 2.04. The molecule has 2 N–H and O–H groups in total. The van der Waals surface area contributed by atoms with Crippen LogP contribution in [0.15, 0.2) is 54.9 Å². The molecule has 0 bridgehead atoms. The molecule has 1 aromatic heterocycles. The van der Waals surface area contributed by atoms with Crippen LogP contribution in [-0.2, 0) is 6.54 Å². The lowest BCUT2D eigenvalue weighted by atomic mass is 10.1. The zero-order valence-corrected chi connectivity index (χ0v) is 11.7. The molecule has 21 heavy (non-hydrogen) atoms. The largest absolute Gasteiger partial charge is 0.504 e. The first-order valence-corrected chi connectivity index (χ1v) is 6.70.